The molecule has 1 aliphatic heterocycles. The maximum Gasteiger partial charge on any atom is 0.317 e. The number of carbonyl (C=O) groups excluding carboxylic acids is 1. The Bertz CT molecular complexity index is 805. The first-order valence-corrected chi connectivity index (χ1v) is 8.78. The SMILES string of the molecule is Cc1onc(-c2ccccc2)c1C(=O)N1CCOC(CN(C)CC(=O)O)C1. The van der Waals surface area contributed by atoms with E-state index < -0.39 is 5.97 Å². The van der Waals surface area contributed by atoms with Crippen molar-refractivity contribution in [2.24, 2.45) is 0 Å². The Labute approximate surface area is 157 Å². The number of amides is 1. The van der Waals surface area contributed by atoms with E-state index >= 15 is 0 Å². The molecule has 1 N–H and O–H groups in total. The predicted molar refractivity (Wildman–Crippen MR) is 97.5 cm³/mol. The van der Waals surface area contributed by atoms with Crippen molar-refractivity contribution in [3.8, 4) is 11.3 Å². The Morgan fingerprint density at radius 2 is 2.07 bits per heavy atom. The highest BCUT2D eigenvalue weighted by Gasteiger charge is 2.30. The van der Waals surface area contributed by atoms with Gasteiger partial charge in [0.15, 0.2) is 0 Å². The summed E-state index contributed by atoms with van der Waals surface area (Å²) in [5, 5.41) is 13.0. The fraction of sp³-hybridized carbons (Fsp3) is 0.421. The summed E-state index contributed by atoms with van der Waals surface area (Å²) in [6, 6.07) is 9.44. The number of hydrogen-bond donors (Lipinski definition) is 1. The molecule has 0 saturated carbocycles. The minimum absolute atomic E-state index is 0.0727. The van der Waals surface area contributed by atoms with Crippen LogP contribution in [0.1, 0.15) is 16.1 Å². The molecule has 1 saturated heterocycles. The smallest absolute Gasteiger partial charge is 0.317 e. The zero-order chi connectivity index (χ0) is 19.4. The van der Waals surface area contributed by atoms with E-state index in [2.05, 4.69) is 5.16 Å². The lowest BCUT2D eigenvalue weighted by Gasteiger charge is -2.34. The Kier molecular flexibility index (Phi) is 5.88. The molecule has 1 atom stereocenters. The number of ether oxygens (including phenoxy) is 1. The Morgan fingerprint density at radius 3 is 2.78 bits per heavy atom. The van der Waals surface area contributed by atoms with Gasteiger partial charge < -0.3 is 19.3 Å². The van der Waals surface area contributed by atoms with Crippen LogP contribution in [0.2, 0.25) is 0 Å². The molecule has 8 heteroatoms. The molecule has 0 bridgehead atoms. The van der Waals surface area contributed by atoms with E-state index in [-0.39, 0.29) is 18.6 Å². The average Bonchev–Trinajstić information content (AvgIpc) is 3.03. The van der Waals surface area contributed by atoms with Crippen molar-refractivity contribution >= 4 is 11.9 Å². The summed E-state index contributed by atoms with van der Waals surface area (Å²) in [5.74, 6) is -0.569. The van der Waals surface area contributed by atoms with Crippen LogP contribution < -0.4 is 0 Å². The van der Waals surface area contributed by atoms with E-state index in [1.807, 2.05) is 30.3 Å². The summed E-state index contributed by atoms with van der Waals surface area (Å²) in [6.45, 7) is 3.35. The number of aromatic nitrogens is 1. The maximum absolute atomic E-state index is 13.1. The molecule has 0 spiro atoms. The van der Waals surface area contributed by atoms with Crippen molar-refractivity contribution in [2.45, 2.75) is 13.0 Å². The van der Waals surface area contributed by atoms with Crippen LogP contribution in [0.5, 0.6) is 0 Å². The van der Waals surface area contributed by atoms with Gasteiger partial charge in [0.25, 0.3) is 5.91 Å². The quantitative estimate of drug-likeness (QED) is 0.820. The molecule has 0 aliphatic carbocycles. The Hall–Kier alpha value is -2.71. The monoisotopic (exact) mass is 373 g/mol. The molecule has 1 amide bonds. The summed E-state index contributed by atoms with van der Waals surface area (Å²) in [4.78, 5) is 27.4. The zero-order valence-corrected chi connectivity index (χ0v) is 15.4. The molecule has 1 aliphatic rings. The third kappa shape index (κ3) is 4.53. The molecule has 27 heavy (non-hydrogen) atoms. The fourth-order valence-electron chi connectivity index (χ4n) is 3.23. The first kappa shape index (κ1) is 19.1. The van der Waals surface area contributed by atoms with Gasteiger partial charge in [-0.1, -0.05) is 35.5 Å². The Balaban J connectivity index is 1.74. The molecule has 1 fully saturated rings. The van der Waals surface area contributed by atoms with Crippen LogP contribution in [0, 0.1) is 6.92 Å². The van der Waals surface area contributed by atoms with Crippen molar-refractivity contribution in [1.82, 2.24) is 15.0 Å². The number of likely N-dealkylation sites (N-methyl/N-ethyl adjacent to an activating group) is 1. The second-order valence-corrected chi connectivity index (χ2v) is 6.66. The number of morpholine rings is 1. The van der Waals surface area contributed by atoms with Gasteiger partial charge in [-0.05, 0) is 14.0 Å². The van der Waals surface area contributed by atoms with E-state index in [1.165, 1.54) is 0 Å². The van der Waals surface area contributed by atoms with Crippen LogP contribution in [0.4, 0.5) is 0 Å². The summed E-state index contributed by atoms with van der Waals surface area (Å²) >= 11 is 0. The molecular formula is C19H23N3O5. The lowest BCUT2D eigenvalue weighted by molar-refractivity contribution is -0.138. The normalized spacial score (nSPS) is 17.3. The van der Waals surface area contributed by atoms with Crippen molar-refractivity contribution in [3.05, 3.63) is 41.7 Å². The van der Waals surface area contributed by atoms with Crippen molar-refractivity contribution < 1.29 is 24.0 Å². The van der Waals surface area contributed by atoms with Crippen molar-refractivity contribution in [2.75, 3.05) is 39.8 Å². The number of aryl methyl sites for hydroxylation is 1. The van der Waals surface area contributed by atoms with E-state index in [4.69, 9.17) is 14.4 Å². The largest absolute Gasteiger partial charge is 0.480 e. The summed E-state index contributed by atoms with van der Waals surface area (Å²) in [5.41, 5.74) is 1.81. The van der Waals surface area contributed by atoms with Crippen LogP contribution in [0.25, 0.3) is 11.3 Å². The summed E-state index contributed by atoms with van der Waals surface area (Å²) in [6.07, 6.45) is -0.243. The first-order valence-electron chi connectivity index (χ1n) is 8.78. The zero-order valence-electron chi connectivity index (χ0n) is 15.4. The third-order valence-corrected chi connectivity index (χ3v) is 4.47. The molecule has 1 aromatic heterocycles. The third-order valence-electron chi connectivity index (χ3n) is 4.47. The molecule has 1 aromatic carbocycles. The molecule has 0 radical (unpaired) electrons. The second kappa shape index (κ2) is 8.32. The second-order valence-electron chi connectivity index (χ2n) is 6.66. The van der Waals surface area contributed by atoms with Gasteiger partial charge in [-0.25, -0.2) is 0 Å². The van der Waals surface area contributed by atoms with Gasteiger partial charge >= 0.3 is 5.97 Å². The highest BCUT2D eigenvalue weighted by atomic mass is 16.5. The van der Waals surface area contributed by atoms with Crippen LogP contribution in [0.15, 0.2) is 34.9 Å². The molecular weight excluding hydrogens is 350 g/mol. The molecule has 1 unspecified atom stereocenters. The van der Waals surface area contributed by atoms with E-state index in [0.29, 0.717) is 43.3 Å². The number of benzene rings is 1. The predicted octanol–water partition coefficient (Wildman–Crippen LogP) is 1.51. The van der Waals surface area contributed by atoms with Crippen LogP contribution in [-0.2, 0) is 9.53 Å². The number of aliphatic carboxylic acids is 1. The summed E-state index contributed by atoms with van der Waals surface area (Å²) < 4.78 is 11.0. The first-order chi connectivity index (χ1) is 13.0. The Morgan fingerprint density at radius 1 is 1.33 bits per heavy atom. The van der Waals surface area contributed by atoms with Crippen molar-refractivity contribution in [1.29, 1.82) is 0 Å². The van der Waals surface area contributed by atoms with Gasteiger partial charge in [0.05, 0.1) is 19.3 Å². The number of carboxylic acid groups (broad SMARTS) is 1. The van der Waals surface area contributed by atoms with Crippen LogP contribution in [-0.4, -0.2) is 77.9 Å². The molecule has 3 rings (SSSR count). The lowest BCUT2D eigenvalue weighted by Crippen LogP contribution is -2.49. The number of carboxylic acids is 1. The topological polar surface area (TPSA) is 96.1 Å². The van der Waals surface area contributed by atoms with E-state index in [9.17, 15) is 9.59 Å². The van der Waals surface area contributed by atoms with E-state index in [1.54, 1.807) is 23.8 Å². The van der Waals surface area contributed by atoms with Gasteiger partial charge in [-0.2, -0.15) is 0 Å². The van der Waals surface area contributed by atoms with Gasteiger partial charge in [0.1, 0.15) is 17.0 Å². The lowest BCUT2D eigenvalue weighted by atomic mass is 10.0. The van der Waals surface area contributed by atoms with Crippen LogP contribution >= 0.6 is 0 Å². The van der Waals surface area contributed by atoms with Gasteiger partial charge in [0.2, 0.25) is 0 Å². The standard InChI is InChI=1S/C19H23N3O5/c1-13-17(18(20-27-13)14-6-4-3-5-7-14)19(25)22-8-9-26-15(11-22)10-21(2)12-16(23)24/h3-7,15H,8-12H2,1-2H3,(H,23,24). The van der Waals surface area contributed by atoms with E-state index in [0.717, 1.165) is 5.56 Å². The number of nitrogens with zero attached hydrogens (tertiary/aromatic N) is 3. The van der Waals surface area contributed by atoms with Gasteiger partial charge in [-0.3, -0.25) is 14.5 Å². The molecule has 144 valence electrons. The number of rotatable bonds is 6. The minimum atomic E-state index is -0.895. The minimum Gasteiger partial charge on any atom is -0.480 e. The highest BCUT2D eigenvalue weighted by Crippen LogP contribution is 2.27. The molecule has 2 aromatic rings. The maximum atomic E-state index is 13.1. The average molecular weight is 373 g/mol. The van der Waals surface area contributed by atoms with Crippen molar-refractivity contribution in [3.63, 3.8) is 0 Å². The fourth-order valence-corrected chi connectivity index (χ4v) is 3.23. The van der Waals surface area contributed by atoms with Gasteiger partial charge in [0, 0.05) is 25.2 Å². The molecule has 8 nitrogen and oxygen atoms in total. The number of hydrogen-bond acceptors (Lipinski definition) is 6. The molecule has 2 heterocycles. The van der Waals surface area contributed by atoms with Gasteiger partial charge in [-0.15, -0.1) is 0 Å². The summed E-state index contributed by atoms with van der Waals surface area (Å²) in [7, 11) is 1.72. The van der Waals surface area contributed by atoms with Crippen LogP contribution in [0.3, 0.4) is 0 Å². The number of carbonyl (C=O) groups is 2. The highest BCUT2D eigenvalue weighted by molar-refractivity contribution is 6.00.